The van der Waals surface area contributed by atoms with Crippen LogP contribution in [-0.2, 0) is 25.6 Å². The lowest BCUT2D eigenvalue weighted by molar-refractivity contribution is -0.181. The molecule has 2 fully saturated rings. The molecule has 0 bridgehead atoms. The summed E-state index contributed by atoms with van der Waals surface area (Å²) in [4.78, 5) is 68.9. The molecule has 3 aliphatic carbocycles. The highest BCUT2D eigenvalue weighted by Gasteiger charge is 2.69. The molecule has 1 aromatic rings. The number of Topliss-reactive ketones (excluding diaryl/α,β-unsaturated/α-hetero) is 4. The smallest absolute Gasteiger partial charge is 0.235 e. The molecule has 34 heavy (non-hydrogen) atoms. The van der Waals surface area contributed by atoms with Gasteiger partial charge in [-0.05, 0) is 57.5 Å². The van der Waals surface area contributed by atoms with Gasteiger partial charge in [0.1, 0.15) is 5.75 Å². The number of nitrogens with zero attached hydrogens (tertiary/aromatic N) is 2. The number of primary amides is 1. The number of fused-ring (bicyclic) bond motifs is 3. The molecule has 1 aromatic carbocycles. The Morgan fingerprint density at radius 2 is 1.79 bits per heavy atom. The largest absolute Gasteiger partial charge is 0.507 e. The molecular weight excluding hydrogens is 442 g/mol. The van der Waals surface area contributed by atoms with Crippen molar-refractivity contribution in [3.8, 4) is 5.75 Å². The third kappa shape index (κ3) is 3.05. The molecule has 0 aromatic heterocycles. The zero-order chi connectivity index (χ0) is 25.3. The zero-order valence-electron chi connectivity index (χ0n) is 19.6. The number of anilines is 1. The van der Waals surface area contributed by atoms with E-state index in [0.29, 0.717) is 12.1 Å². The number of phenolic OH excluding ortho intramolecular Hbond substituents is 1. The van der Waals surface area contributed by atoms with Crippen molar-refractivity contribution in [3.05, 3.63) is 23.3 Å². The normalized spacial score (nSPS) is 32.8. The number of hydrogen-bond donors (Lipinski definition) is 3. The van der Waals surface area contributed by atoms with E-state index in [1.165, 1.54) is 11.0 Å². The van der Waals surface area contributed by atoms with E-state index in [1.54, 1.807) is 20.2 Å². The van der Waals surface area contributed by atoms with Crippen LogP contribution >= 0.6 is 0 Å². The zero-order valence-corrected chi connectivity index (χ0v) is 19.6. The lowest BCUT2D eigenvalue weighted by Crippen LogP contribution is -2.74. The van der Waals surface area contributed by atoms with Gasteiger partial charge in [-0.1, -0.05) is 0 Å². The number of carbonyl (C=O) groups is 5. The van der Waals surface area contributed by atoms with Crippen molar-refractivity contribution in [1.82, 2.24) is 4.90 Å². The van der Waals surface area contributed by atoms with Crippen LogP contribution in [0.25, 0.3) is 0 Å². The van der Waals surface area contributed by atoms with Gasteiger partial charge < -0.3 is 20.8 Å². The summed E-state index contributed by atoms with van der Waals surface area (Å²) in [7, 11) is 4.96. The van der Waals surface area contributed by atoms with Crippen LogP contribution in [0, 0.1) is 23.7 Å². The minimum Gasteiger partial charge on any atom is -0.507 e. The number of rotatable bonds is 4. The molecule has 6 atom stereocenters. The summed E-state index contributed by atoms with van der Waals surface area (Å²) in [5, 5.41) is 22.0. The Bertz CT molecular complexity index is 1130. The Balaban J connectivity index is 1.88. The fourth-order valence-corrected chi connectivity index (χ4v) is 6.12. The van der Waals surface area contributed by atoms with Gasteiger partial charge in [-0.2, -0.15) is 0 Å². The molecule has 4 unspecified atom stereocenters. The number of hydrogen-bond acceptors (Lipinski definition) is 9. The van der Waals surface area contributed by atoms with Gasteiger partial charge in [0.15, 0.2) is 34.7 Å². The number of aromatic hydroxyl groups is 1. The van der Waals surface area contributed by atoms with E-state index in [9.17, 15) is 34.2 Å². The monoisotopic (exact) mass is 471 g/mol. The minimum atomic E-state index is -2.70. The average molecular weight is 472 g/mol. The summed E-state index contributed by atoms with van der Waals surface area (Å²) in [6.45, 7) is 2.58. The van der Waals surface area contributed by atoms with E-state index in [4.69, 9.17) is 5.73 Å². The lowest BCUT2D eigenvalue weighted by Gasteiger charge is -2.52. The summed E-state index contributed by atoms with van der Waals surface area (Å²) >= 11 is 0. The molecule has 10 heteroatoms. The second kappa shape index (κ2) is 7.99. The summed E-state index contributed by atoms with van der Waals surface area (Å²) in [6.07, 6.45) is 0.286. The quantitative estimate of drug-likeness (QED) is 0.484. The van der Waals surface area contributed by atoms with Crippen molar-refractivity contribution < 1.29 is 34.2 Å². The van der Waals surface area contributed by atoms with Crippen molar-refractivity contribution in [1.29, 1.82) is 0 Å². The van der Waals surface area contributed by atoms with Crippen LogP contribution in [0.2, 0.25) is 0 Å². The number of phenols is 1. The van der Waals surface area contributed by atoms with Crippen molar-refractivity contribution in [2.75, 3.05) is 32.6 Å². The number of ketones is 4. The van der Waals surface area contributed by atoms with Gasteiger partial charge in [0, 0.05) is 25.2 Å². The molecule has 1 amide bonds. The predicted molar refractivity (Wildman–Crippen MR) is 120 cm³/mol. The Kier molecular flexibility index (Phi) is 5.64. The van der Waals surface area contributed by atoms with Crippen molar-refractivity contribution >= 4 is 34.7 Å². The van der Waals surface area contributed by atoms with E-state index in [0.717, 1.165) is 5.69 Å². The van der Waals surface area contributed by atoms with Crippen LogP contribution in [0.5, 0.6) is 5.75 Å². The number of amides is 1. The highest BCUT2D eigenvalue weighted by atomic mass is 16.3. The van der Waals surface area contributed by atoms with Crippen LogP contribution in [-0.4, -0.2) is 83.5 Å². The molecule has 0 radical (unpaired) electrons. The van der Waals surface area contributed by atoms with Crippen molar-refractivity contribution in [3.63, 3.8) is 0 Å². The molecular formula is C24H29N3O7. The van der Waals surface area contributed by atoms with Gasteiger partial charge in [-0.3, -0.25) is 28.9 Å². The second-order valence-electron chi connectivity index (χ2n) is 9.76. The number of nitrogens with two attached hydrogens (primary N) is 1. The predicted octanol–water partition coefficient (Wildman–Crippen LogP) is -0.677. The fourth-order valence-electron chi connectivity index (χ4n) is 6.12. The fraction of sp³-hybridized carbons (Fsp3) is 0.542. The van der Waals surface area contributed by atoms with Gasteiger partial charge >= 0.3 is 0 Å². The molecule has 3 aliphatic rings. The third-order valence-electron chi connectivity index (χ3n) is 7.81. The Hall–Kier alpha value is -3.11. The molecule has 4 rings (SSSR count). The SMILES string of the molecule is CCN(C)c1ccc(O)c2c1CC1CC3[C@H](N(C)C)C(=O)C(C(N)=O)C(=O)[C@@]3(O)C(=O)C1C2=O. The van der Waals surface area contributed by atoms with Crippen LogP contribution in [0.15, 0.2) is 12.1 Å². The van der Waals surface area contributed by atoms with Gasteiger partial charge in [-0.25, -0.2) is 0 Å². The summed E-state index contributed by atoms with van der Waals surface area (Å²) < 4.78 is 0. The van der Waals surface area contributed by atoms with Crippen LogP contribution in [0.3, 0.4) is 0 Å². The number of likely N-dealkylation sites (N-methyl/N-ethyl adjacent to an activating group) is 1. The second-order valence-corrected chi connectivity index (χ2v) is 9.76. The summed E-state index contributed by atoms with van der Waals surface area (Å²) in [5.74, 6) is -10.3. The maximum atomic E-state index is 13.7. The first kappa shape index (κ1) is 24.0. The number of carbonyl (C=O) groups excluding carboxylic acids is 5. The van der Waals surface area contributed by atoms with Gasteiger partial charge in [-0.15, -0.1) is 0 Å². The molecule has 182 valence electrons. The molecule has 0 heterocycles. The van der Waals surface area contributed by atoms with E-state index >= 15 is 0 Å². The first-order valence-corrected chi connectivity index (χ1v) is 11.3. The number of aliphatic hydroxyl groups is 1. The molecule has 0 aliphatic heterocycles. The molecule has 0 saturated heterocycles. The van der Waals surface area contributed by atoms with E-state index in [1.807, 2.05) is 18.9 Å². The Labute approximate surface area is 196 Å². The standard InChI is InChI=1S/C24H29N3O7/c1-5-27(4)13-6-7-14(28)16-11(13)8-10-9-12-18(26(2)3)20(30)17(23(25)33)22(32)24(12,34)21(31)15(10)19(16)29/h6-7,10,12,15,17-18,28,34H,5,8-9H2,1-4H3,(H2,25,33)/t10?,12?,15?,17?,18-,24-/m0/s1. The van der Waals surface area contributed by atoms with Crippen LogP contribution < -0.4 is 10.6 Å². The maximum Gasteiger partial charge on any atom is 0.235 e. The van der Waals surface area contributed by atoms with Crippen molar-refractivity contribution in [2.45, 2.75) is 31.4 Å². The van der Waals surface area contributed by atoms with Gasteiger partial charge in [0.05, 0.1) is 17.5 Å². The number of benzene rings is 1. The van der Waals surface area contributed by atoms with Gasteiger partial charge in [0.2, 0.25) is 5.91 Å². The van der Waals surface area contributed by atoms with E-state index < -0.39 is 64.4 Å². The Morgan fingerprint density at radius 1 is 1.15 bits per heavy atom. The first-order valence-electron chi connectivity index (χ1n) is 11.3. The van der Waals surface area contributed by atoms with Crippen molar-refractivity contribution in [2.24, 2.45) is 29.4 Å². The van der Waals surface area contributed by atoms with Crippen LogP contribution in [0.4, 0.5) is 5.69 Å². The molecule has 4 N–H and O–H groups in total. The van der Waals surface area contributed by atoms with Gasteiger partial charge in [0.25, 0.3) is 0 Å². The average Bonchev–Trinajstić information content (AvgIpc) is 2.75. The topological polar surface area (TPSA) is 158 Å². The highest BCUT2D eigenvalue weighted by Crippen LogP contribution is 2.51. The summed E-state index contributed by atoms with van der Waals surface area (Å²) in [6, 6.07) is 1.99. The Morgan fingerprint density at radius 3 is 2.35 bits per heavy atom. The minimum absolute atomic E-state index is 0.00407. The molecule has 0 spiro atoms. The molecule has 10 nitrogen and oxygen atoms in total. The molecule has 2 saturated carbocycles. The van der Waals surface area contributed by atoms with Crippen LogP contribution in [0.1, 0.15) is 29.3 Å². The van der Waals surface area contributed by atoms with E-state index in [2.05, 4.69) is 0 Å². The summed E-state index contributed by atoms with van der Waals surface area (Å²) in [5.41, 5.74) is 3.95. The highest BCUT2D eigenvalue weighted by molar-refractivity contribution is 6.32. The lowest BCUT2D eigenvalue weighted by atomic mass is 9.52. The third-order valence-corrected chi connectivity index (χ3v) is 7.81. The van der Waals surface area contributed by atoms with E-state index in [-0.39, 0.29) is 24.2 Å². The first-order chi connectivity index (χ1) is 15.9. The maximum absolute atomic E-state index is 13.7.